The van der Waals surface area contributed by atoms with Crippen LogP contribution in [0.1, 0.15) is 20.3 Å². The van der Waals surface area contributed by atoms with Crippen LogP contribution in [0.2, 0.25) is 0 Å². The smallest absolute Gasteiger partial charge is 0.278 e. The Bertz CT molecular complexity index is 212. The van der Waals surface area contributed by atoms with Crippen LogP contribution in [0.5, 0.6) is 0 Å². The molecule has 0 fully saturated rings. The molecule has 0 amide bonds. The largest absolute Gasteiger partial charge is 0.379 e. The lowest BCUT2D eigenvalue weighted by Gasteiger charge is -2.13. The molecule has 74 valence electrons. The van der Waals surface area contributed by atoms with Crippen molar-refractivity contribution in [2.75, 3.05) is 5.88 Å². The zero-order chi connectivity index (χ0) is 9.78. The monoisotopic (exact) mass is 197 g/mol. The van der Waals surface area contributed by atoms with E-state index in [0.717, 1.165) is 0 Å². The fraction of sp³-hybridized carbons (Fsp3) is 1.00. The van der Waals surface area contributed by atoms with Crippen LogP contribution in [0.4, 0.5) is 0 Å². The van der Waals surface area contributed by atoms with Crippen molar-refractivity contribution in [1.82, 2.24) is 5.32 Å². The highest BCUT2D eigenvalue weighted by Gasteiger charge is 2.10. The van der Waals surface area contributed by atoms with Crippen LogP contribution in [-0.2, 0) is 10.1 Å². The molecule has 1 unspecified atom stereocenters. The second kappa shape index (κ2) is 4.76. The summed E-state index contributed by atoms with van der Waals surface area (Å²) < 4.78 is 28.7. The van der Waals surface area contributed by atoms with Gasteiger partial charge in [0, 0.05) is 0 Å². The van der Waals surface area contributed by atoms with Crippen molar-refractivity contribution in [3.05, 3.63) is 0 Å². The van der Waals surface area contributed by atoms with E-state index in [-0.39, 0.29) is 5.92 Å². The Morgan fingerprint density at radius 1 is 1.42 bits per heavy atom. The summed E-state index contributed by atoms with van der Waals surface area (Å²) in [5, 5.41) is 11.4. The maximum Gasteiger partial charge on any atom is 0.278 e. The average Bonchev–Trinajstić information content (AvgIpc) is 1.80. The van der Waals surface area contributed by atoms with Crippen molar-refractivity contribution in [2.45, 2.75) is 26.5 Å². The number of hydrogen-bond acceptors (Lipinski definition) is 4. The number of aliphatic hydroxyl groups excluding tert-OH is 1. The second-order valence-electron chi connectivity index (χ2n) is 3.08. The first-order valence-electron chi connectivity index (χ1n) is 3.68. The maximum absolute atomic E-state index is 10.2. The summed E-state index contributed by atoms with van der Waals surface area (Å²) in [6.45, 7) is 3.80. The molecule has 1 atom stereocenters. The van der Waals surface area contributed by atoms with E-state index < -0.39 is 22.2 Å². The van der Waals surface area contributed by atoms with Crippen LogP contribution < -0.4 is 5.32 Å². The van der Waals surface area contributed by atoms with E-state index in [9.17, 15) is 8.42 Å². The molecule has 0 aromatic rings. The lowest BCUT2D eigenvalue weighted by atomic mass is 10.1. The molecule has 0 radical (unpaired) electrons. The lowest BCUT2D eigenvalue weighted by molar-refractivity contribution is 0.119. The maximum atomic E-state index is 10.2. The van der Waals surface area contributed by atoms with Gasteiger partial charge in [0.15, 0.2) is 0 Å². The minimum absolute atomic E-state index is 0.272. The minimum Gasteiger partial charge on any atom is -0.379 e. The summed E-state index contributed by atoms with van der Waals surface area (Å²) in [6.07, 6.45) is -0.429. The molecule has 0 aromatic heterocycles. The Hall–Kier alpha value is -0.170. The Morgan fingerprint density at radius 3 is 2.25 bits per heavy atom. The van der Waals surface area contributed by atoms with E-state index in [2.05, 4.69) is 5.32 Å². The predicted molar refractivity (Wildman–Crippen MR) is 45.0 cm³/mol. The minimum atomic E-state index is -4.03. The van der Waals surface area contributed by atoms with Crippen LogP contribution in [0, 0.1) is 5.92 Å². The fourth-order valence-corrected chi connectivity index (χ4v) is 1.13. The second-order valence-corrected chi connectivity index (χ2v) is 4.53. The zero-order valence-corrected chi connectivity index (χ0v) is 8.00. The van der Waals surface area contributed by atoms with E-state index in [1.165, 1.54) is 0 Å². The Balaban J connectivity index is 3.65. The molecule has 3 N–H and O–H groups in total. The molecule has 0 rings (SSSR count). The first-order valence-corrected chi connectivity index (χ1v) is 5.29. The van der Waals surface area contributed by atoms with Gasteiger partial charge in [0.25, 0.3) is 10.1 Å². The number of nitrogens with one attached hydrogen (secondary N) is 1. The van der Waals surface area contributed by atoms with E-state index in [1.807, 2.05) is 13.8 Å². The van der Waals surface area contributed by atoms with Crippen molar-refractivity contribution < 1.29 is 18.1 Å². The normalized spacial score (nSPS) is 15.1. The van der Waals surface area contributed by atoms with Gasteiger partial charge in [0.1, 0.15) is 12.1 Å². The van der Waals surface area contributed by atoms with Gasteiger partial charge < -0.3 is 5.11 Å². The van der Waals surface area contributed by atoms with Crippen molar-refractivity contribution in [3.8, 4) is 0 Å². The third-order valence-corrected chi connectivity index (χ3v) is 1.73. The molecule has 6 heteroatoms. The standard InChI is InChI=1S/C6H15NO4S/c1-5(2)3-6(8)7-4-12(9,10)11/h5-8H,3-4H2,1-2H3,(H,9,10,11). The van der Waals surface area contributed by atoms with Gasteiger partial charge in [-0.2, -0.15) is 8.42 Å². The summed E-state index contributed by atoms with van der Waals surface area (Å²) in [5.74, 6) is -0.338. The summed E-state index contributed by atoms with van der Waals surface area (Å²) in [4.78, 5) is 0. The van der Waals surface area contributed by atoms with Gasteiger partial charge >= 0.3 is 0 Å². The highest BCUT2D eigenvalue weighted by molar-refractivity contribution is 7.85. The molecule has 0 heterocycles. The topological polar surface area (TPSA) is 86.6 Å². The molecule has 0 aliphatic heterocycles. The molecule has 0 aliphatic rings. The van der Waals surface area contributed by atoms with Crippen LogP contribution in [0.15, 0.2) is 0 Å². The van der Waals surface area contributed by atoms with Gasteiger partial charge in [-0.25, -0.2) is 0 Å². The summed E-state index contributed by atoms with van der Waals surface area (Å²) in [7, 11) is -4.03. The molecular formula is C6H15NO4S. The fourth-order valence-electron chi connectivity index (χ4n) is 0.731. The van der Waals surface area contributed by atoms with Crippen molar-refractivity contribution >= 4 is 10.1 Å². The van der Waals surface area contributed by atoms with Crippen molar-refractivity contribution in [3.63, 3.8) is 0 Å². The lowest BCUT2D eigenvalue weighted by Crippen LogP contribution is -2.34. The van der Waals surface area contributed by atoms with Crippen LogP contribution in [0.25, 0.3) is 0 Å². The van der Waals surface area contributed by atoms with Crippen molar-refractivity contribution in [2.24, 2.45) is 5.92 Å². The first-order chi connectivity index (χ1) is 5.31. The van der Waals surface area contributed by atoms with Gasteiger partial charge in [-0.15, -0.1) is 0 Å². The number of hydrogen-bond donors (Lipinski definition) is 3. The van der Waals surface area contributed by atoms with Crippen molar-refractivity contribution in [1.29, 1.82) is 0 Å². The Morgan fingerprint density at radius 2 is 1.92 bits per heavy atom. The van der Waals surface area contributed by atoms with Gasteiger partial charge in [0.05, 0.1) is 0 Å². The molecule has 5 nitrogen and oxygen atoms in total. The molecular weight excluding hydrogens is 182 g/mol. The van der Waals surface area contributed by atoms with Crippen LogP contribution in [0.3, 0.4) is 0 Å². The number of rotatable bonds is 5. The molecule has 0 spiro atoms. The molecule has 0 bridgehead atoms. The van der Waals surface area contributed by atoms with Gasteiger partial charge in [-0.05, 0) is 12.3 Å². The molecule has 0 saturated heterocycles. The summed E-state index contributed by atoms with van der Waals surface area (Å²) in [5.41, 5.74) is 0. The van der Waals surface area contributed by atoms with E-state index in [1.54, 1.807) is 0 Å². The molecule has 0 saturated carbocycles. The van der Waals surface area contributed by atoms with Crippen LogP contribution in [-0.4, -0.2) is 30.2 Å². The van der Waals surface area contributed by atoms with E-state index >= 15 is 0 Å². The molecule has 0 aliphatic carbocycles. The first kappa shape index (κ1) is 11.8. The summed E-state index contributed by atoms with van der Waals surface area (Å²) in [6, 6.07) is 0. The third-order valence-electron chi connectivity index (χ3n) is 1.20. The molecule has 12 heavy (non-hydrogen) atoms. The predicted octanol–water partition coefficient (Wildman–Crippen LogP) is -0.214. The summed E-state index contributed by atoms with van der Waals surface area (Å²) >= 11 is 0. The van der Waals surface area contributed by atoms with Gasteiger partial charge in [-0.3, -0.25) is 9.87 Å². The van der Waals surface area contributed by atoms with Gasteiger partial charge in [-0.1, -0.05) is 13.8 Å². The number of aliphatic hydroxyl groups is 1. The van der Waals surface area contributed by atoms with Gasteiger partial charge in [0.2, 0.25) is 0 Å². The third kappa shape index (κ3) is 7.93. The quantitative estimate of drug-likeness (QED) is 0.419. The highest BCUT2D eigenvalue weighted by atomic mass is 32.2. The average molecular weight is 197 g/mol. The Kier molecular flexibility index (Phi) is 4.69. The van der Waals surface area contributed by atoms with Crippen LogP contribution >= 0.6 is 0 Å². The SMILES string of the molecule is CC(C)CC(O)NCS(=O)(=O)O. The molecule has 0 aromatic carbocycles. The Labute approximate surface area is 72.5 Å². The zero-order valence-electron chi connectivity index (χ0n) is 7.19. The van der Waals surface area contributed by atoms with E-state index in [0.29, 0.717) is 6.42 Å². The highest BCUT2D eigenvalue weighted by Crippen LogP contribution is 2.01. The van der Waals surface area contributed by atoms with E-state index in [4.69, 9.17) is 9.66 Å².